The molecule has 0 saturated carbocycles. The lowest BCUT2D eigenvalue weighted by Gasteiger charge is -2.15. The van der Waals surface area contributed by atoms with Crippen LogP contribution in [0, 0.1) is 0 Å². The summed E-state index contributed by atoms with van der Waals surface area (Å²) in [4.78, 5) is 1.12. The van der Waals surface area contributed by atoms with Crippen LogP contribution in [0.25, 0.3) is 0 Å². The summed E-state index contributed by atoms with van der Waals surface area (Å²) in [5.74, 6) is 1.83. The van der Waals surface area contributed by atoms with Gasteiger partial charge in [0.05, 0.1) is 13.2 Å². The Kier molecular flexibility index (Phi) is 4.99. The summed E-state index contributed by atoms with van der Waals surface area (Å²) in [6, 6.07) is 5.88. The summed E-state index contributed by atoms with van der Waals surface area (Å²) < 4.78 is 5.25. The predicted molar refractivity (Wildman–Crippen MR) is 64.6 cm³/mol. The summed E-state index contributed by atoms with van der Waals surface area (Å²) >= 11 is 1.76. The standard InChI is InChI=1S/C12H18O2S/c1-4-8-15-11-7-5-6-10(14-3)12(11)9(2)13/h5-7,9,13H,4,8H2,1-3H3/t9-/m1/s1. The monoisotopic (exact) mass is 226 g/mol. The molecule has 0 fully saturated rings. The van der Waals surface area contributed by atoms with Crippen LogP contribution in [0.3, 0.4) is 0 Å². The zero-order chi connectivity index (χ0) is 11.3. The highest BCUT2D eigenvalue weighted by Gasteiger charge is 2.13. The number of ether oxygens (including phenoxy) is 1. The van der Waals surface area contributed by atoms with E-state index in [4.69, 9.17) is 4.74 Å². The van der Waals surface area contributed by atoms with Gasteiger partial charge in [-0.3, -0.25) is 0 Å². The third kappa shape index (κ3) is 3.14. The number of methoxy groups -OCH3 is 1. The number of rotatable bonds is 5. The molecule has 0 unspecified atom stereocenters. The molecule has 1 aromatic carbocycles. The second-order valence-corrected chi connectivity index (χ2v) is 4.53. The summed E-state index contributed by atoms with van der Waals surface area (Å²) in [5.41, 5.74) is 0.901. The molecule has 3 heteroatoms. The molecular formula is C12H18O2S. The van der Waals surface area contributed by atoms with Gasteiger partial charge in [0.2, 0.25) is 0 Å². The van der Waals surface area contributed by atoms with Gasteiger partial charge in [0.15, 0.2) is 0 Å². The van der Waals surface area contributed by atoms with Crippen molar-refractivity contribution in [3.05, 3.63) is 23.8 Å². The van der Waals surface area contributed by atoms with Crippen molar-refractivity contribution in [3.63, 3.8) is 0 Å². The third-order valence-corrected chi connectivity index (χ3v) is 3.40. The van der Waals surface area contributed by atoms with Gasteiger partial charge in [-0.15, -0.1) is 11.8 Å². The molecule has 1 aromatic rings. The Morgan fingerprint density at radius 2 is 2.20 bits per heavy atom. The number of aliphatic hydroxyl groups excluding tert-OH is 1. The van der Waals surface area contributed by atoms with E-state index in [-0.39, 0.29) is 0 Å². The van der Waals surface area contributed by atoms with Crippen LogP contribution < -0.4 is 4.74 Å². The number of aliphatic hydroxyl groups is 1. The van der Waals surface area contributed by atoms with E-state index < -0.39 is 6.10 Å². The van der Waals surface area contributed by atoms with Crippen LogP contribution in [0.5, 0.6) is 5.75 Å². The fourth-order valence-corrected chi connectivity index (χ4v) is 2.48. The molecule has 15 heavy (non-hydrogen) atoms. The number of hydrogen-bond acceptors (Lipinski definition) is 3. The molecule has 0 aliphatic rings. The van der Waals surface area contributed by atoms with Crippen LogP contribution in [-0.4, -0.2) is 18.0 Å². The quantitative estimate of drug-likeness (QED) is 0.781. The molecule has 1 rings (SSSR count). The van der Waals surface area contributed by atoms with Crippen LogP contribution in [0.15, 0.2) is 23.1 Å². The first-order chi connectivity index (χ1) is 7.20. The molecule has 0 saturated heterocycles. The molecule has 0 amide bonds. The first-order valence-electron chi connectivity index (χ1n) is 5.18. The lowest BCUT2D eigenvalue weighted by Crippen LogP contribution is -1.99. The molecule has 2 nitrogen and oxygen atoms in total. The Balaban J connectivity index is 3.02. The van der Waals surface area contributed by atoms with Crippen molar-refractivity contribution in [2.75, 3.05) is 12.9 Å². The average molecular weight is 226 g/mol. The van der Waals surface area contributed by atoms with Crippen molar-refractivity contribution >= 4 is 11.8 Å². The van der Waals surface area contributed by atoms with Crippen LogP contribution in [-0.2, 0) is 0 Å². The highest BCUT2D eigenvalue weighted by atomic mass is 32.2. The summed E-state index contributed by atoms with van der Waals surface area (Å²) in [6.07, 6.45) is 0.640. The number of thioether (sulfide) groups is 1. The minimum Gasteiger partial charge on any atom is -0.496 e. The van der Waals surface area contributed by atoms with Crippen molar-refractivity contribution < 1.29 is 9.84 Å². The van der Waals surface area contributed by atoms with E-state index in [9.17, 15) is 5.11 Å². The van der Waals surface area contributed by atoms with E-state index in [0.29, 0.717) is 0 Å². The third-order valence-electron chi connectivity index (χ3n) is 2.13. The molecule has 0 aliphatic carbocycles. The SMILES string of the molecule is CCCSc1cccc(OC)c1[C@@H](C)O. The Labute approximate surface area is 95.7 Å². The van der Waals surface area contributed by atoms with Gasteiger partial charge < -0.3 is 9.84 Å². The molecule has 0 aromatic heterocycles. The van der Waals surface area contributed by atoms with Gasteiger partial charge in [-0.05, 0) is 31.2 Å². The van der Waals surface area contributed by atoms with E-state index in [0.717, 1.165) is 28.4 Å². The maximum absolute atomic E-state index is 9.72. The molecule has 0 radical (unpaired) electrons. The van der Waals surface area contributed by atoms with E-state index in [1.807, 2.05) is 18.2 Å². The molecule has 84 valence electrons. The van der Waals surface area contributed by atoms with Crippen molar-refractivity contribution in [2.45, 2.75) is 31.3 Å². The first-order valence-corrected chi connectivity index (χ1v) is 6.17. The number of hydrogen-bond donors (Lipinski definition) is 1. The summed E-state index contributed by atoms with van der Waals surface area (Å²) in [6.45, 7) is 3.92. The van der Waals surface area contributed by atoms with E-state index in [1.165, 1.54) is 0 Å². The van der Waals surface area contributed by atoms with Crippen LogP contribution >= 0.6 is 11.8 Å². The lowest BCUT2D eigenvalue weighted by molar-refractivity contribution is 0.191. The van der Waals surface area contributed by atoms with Crippen LogP contribution in [0.2, 0.25) is 0 Å². The lowest BCUT2D eigenvalue weighted by atomic mass is 10.1. The zero-order valence-corrected chi connectivity index (χ0v) is 10.3. The summed E-state index contributed by atoms with van der Waals surface area (Å²) in [5, 5.41) is 9.72. The van der Waals surface area contributed by atoms with Crippen molar-refractivity contribution in [1.82, 2.24) is 0 Å². The Hall–Kier alpha value is -0.670. The molecular weight excluding hydrogens is 208 g/mol. The summed E-state index contributed by atoms with van der Waals surface area (Å²) in [7, 11) is 1.63. The number of benzene rings is 1. The van der Waals surface area contributed by atoms with Gasteiger partial charge in [0.25, 0.3) is 0 Å². The molecule has 1 N–H and O–H groups in total. The van der Waals surface area contributed by atoms with E-state index in [2.05, 4.69) is 6.92 Å². The minimum atomic E-state index is -0.486. The Bertz CT molecular complexity index is 310. The molecule has 0 aliphatic heterocycles. The topological polar surface area (TPSA) is 29.5 Å². The van der Waals surface area contributed by atoms with Crippen LogP contribution in [0.4, 0.5) is 0 Å². The van der Waals surface area contributed by atoms with Crippen molar-refractivity contribution in [1.29, 1.82) is 0 Å². The van der Waals surface area contributed by atoms with Gasteiger partial charge >= 0.3 is 0 Å². The van der Waals surface area contributed by atoms with Gasteiger partial charge in [-0.2, -0.15) is 0 Å². The maximum atomic E-state index is 9.72. The van der Waals surface area contributed by atoms with Gasteiger partial charge in [-0.1, -0.05) is 13.0 Å². The maximum Gasteiger partial charge on any atom is 0.125 e. The van der Waals surface area contributed by atoms with E-state index in [1.54, 1.807) is 25.8 Å². The fraction of sp³-hybridized carbons (Fsp3) is 0.500. The Morgan fingerprint density at radius 1 is 1.47 bits per heavy atom. The van der Waals surface area contributed by atoms with Crippen molar-refractivity contribution in [2.24, 2.45) is 0 Å². The minimum absolute atomic E-state index is 0.486. The molecule has 0 heterocycles. The average Bonchev–Trinajstić information content (AvgIpc) is 2.25. The predicted octanol–water partition coefficient (Wildman–Crippen LogP) is 3.25. The van der Waals surface area contributed by atoms with Crippen LogP contribution in [0.1, 0.15) is 31.9 Å². The highest BCUT2D eigenvalue weighted by molar-refractivity contribution is 7.99. The van der Waals surface area contributed by atoms with E-state index >= 15 is 0 Å². The molecule has 0 spiro atoms. The van der Waals surface area contributed by atoms with Gasteiger partial charge in [-0.25, -0.2) is 0 Å². The normalized spacial score (nSPS) is 12.5. The fourth-order valence-electron chi connectivity index (χ4n) is 1.45. The molecule has 1 atom stereocenters. The Morgan fingerprint density at radius 3 is 2.73 bits per heavy atom. The zero-order valence-electron chi connectivity index (χ0n) is 9.49. The highest BCUT2D eigenvalue weighted by Crippen LogP contribution is 2.34. The largest absolute Gasteiger partial charge is 0.496 e. The van der Waals surface area contributed by atoms with Gasteiger partial charge in [0.1, 0.15) is 5.75 Å². The second-order valence-electron chi connectivity index (χ2n) is 3.40. The van der Waals surface area contributed by atoms with Gasteiger partial charge in [0, 0.05) is 10.5 Å². The smallest absolute Gasteiger partial charge is 0.125 e. The second kappa shape index (κ2) is 6.03. The first kappa shape index (κ1) is 12.4. The van der Waals surface area contributed by atoms with Crippen molar-refractivity contribution in [3.8, 4) is 5.75 Å². The molecule has 0 bridgehead atoms.